The minimum absolute atomic E-state index is 0.470. The van der Waals surface area contributed by atoms with Crippen LogP contribution < -0.4 is 10.1 Å². The van der Waals surface area contributed by atoms with Gasteiger partial charge in [0.1, 0.15) is 0 Å². The lowest BCUT2D eigenvalue weighted by Gasteiger charge is -2.23. The number of aromatic nitrogens is 3. The van der Waals surface area contributed by atoms with Crippen LogP contribution in [0, 0.1) is 0 Å². The predicted molar refractivity (Wildman–Crippen MR) is 150 cm³/mol. The van der Waals surface area contributed by atoms with Gasteiger partial charge in [-0.25, -0.2) is 0 Å². The van der Waals surface area contributed by atoms with Gasteiger partial charge in [-0.3, -0.25) is 0 Å². The van der Waals surface area contributed by atoms with Crippen molar-refractivity contribution < 1.29 is 4.74 Å². The van der Waals surface area contributed by atoms with E-state index in [1.54, 1.807) is 11.8 Å². The molecule has 1 atom stereocenters. The molecule has 1 aromatic heterocycles. The summed E-state index contributed by atoms with van der Waals surface area (Å²) in [5, 5.41) is 17.9. The third-order valence-corrected chi connectivity index (χ3v) is 7.53. The molecule has 37 heavy (non-hydrogen) atoms. The van der Waals surface area contributed by atoms with E-state index in [1.807, 2.05) is 42.5 Å². The maximum Gasteiger partial charge on any atom is 0.247 e. The summed E-state index contributed by atoms with van der Waals surface area (Å²) in [6.45, 7) is 0. The molecule has 0 spiro atoms. The highest BCUT2D eigenvalue weighted by atomic mass is 32.2. The van der Waals surface area contributed by atoms with Gasteiger partial charge in [0.05, 0.1) is 0 Å². The molecular formula is C31H22N4OS. The largest absolute Gasteiger partial charge is 0.448 e. The van der Waals surface area contributed by atoms with Crippen LogP contribution in [0.1, 0.15) is 17.4 Å². The van der Waals surface area contributed by atoms with Gasteiger partial charge >= 0.3 is 0 Å². The van der Waals surface area contributed by atoms with Crippen molar-refractivity contribution in [1.29, 1.82) is 0 Å². The SMILES string of the molecule is c1ccc(CSc2nnc3c(n2)O[C@@H](c2c4ccccc4cc4ccccc24)Nc2ccccc2-3)cc1. The highest BCUT2D eigenvalue weighted by Gasteiger charge is 2.28. The van der Waals surface area contributed by atoms with Gasteiger partial charge in [-0.2, -0.15) is 4.98 Å². The van der Waals surface area contributed by atoms with Crippen LogP contribution in [-0.2, 0) is 5.75 Å². The maximum absolute atomic E-state index is 6.70. The summed E-state index contributed by atoms with van der Waals surface area (Å²) in [6, 6.07) is 37.5. The number of rotatable bonds is 4. The lowest BCUT2D eigenvalue weighted by molar-refractivity contribution is 0.228. The quantitative estimate of drug-likeness (QED) is 0.199. The molecule has 0 bridgehead atoms. The van der Waals surface area contributed by atoms with Crippen LogP contribution in [-0.4, -0.2) is 15.2 Å². The van der Waals surface area contributed by atoms with E-state index in [0.717, 1.165) is 33.3 Å². The van der Waals surface area contributed by atoms with Crippen LogP contribution in [0.4, 0.5) is 5.69 Å². The van der Waals surface area contributed by atoms with Gasteiger partial charge in [-0.15, -0.1) is 10.2 Å². The molecule has 178 valence electrons. The van der Waals surface area contributed by atoms with Crippen molar-refractivity contribution in [2.24, 2.45) is 0 Å². The van der Waals surface area contributed by atoms with E-state index >= 15 is 0 Å². The van der Waals surface area contributed by atoms with Crippen molar-refractivity contribution in [2.45, 2.75) is 17.1 Å². The fourth-order valence-electron chi connectivity index (χ4n) is 4.89. The lowest BCUT2D eigenvalue weighted by Crippen LogP contribution is -2.18. The second-order valence-electron chi connectivity index (χ2n) is 8.94. The summed E-state index contributed by atoms with van der Waals surface area (Å²) >= 11 is 1.55. The summed E-state index contributed by atoms with van der Waals surface area (Å²) < 4.78 is 6.70. The van der Waals surface area contributed by atoms with Crippen LogP contribution in [0.2, 0.25) is 0 Å². The monoisotopic (exact) mass is 498 g/mol. The number of nitrogens with one attached hydrogen (secondary N) is 1. The first kappa shape index (κ1) is 21.8. The first-order valence-corrected chi connectivity index (χ1v) is 13.2. The third kappa shape index (κ3) is 4.05. The molecule has 0 amide bonds. The van der Waals surface area contributed by atoms with Gasteiger partial charge in [-0.05, 0) is 39.2 Å². The molecule has 0 saturated carbocycles. The van der Waals surface area contributed by atoms with Crippen molar-refractivity contribution in [3.05, 3.63) is 120 Å². The van der Waals surface area contributed by atoms with E-state index in [0.29, 0.717) is 16.7 Å². The Bertz CT molecular complexity index is 1700. The number of para-hydroxylation sites is 1. The average molecular weight is 499 g/mol. The van der Waals surface area contributed by atoms with E-state index in [2.05, 4.69) is 82.2 Å². The van der Waals surface area contributed by atoms with Crippen molar-refractivity contribution in [3.63, 3.8) is 0 Å². The molecule has 0 unspecified atom stereocenters. The van der Waals surface area contributed by atoms with Crippen LogP contribution in [0.5, 0.6) is 5.88 Å². The minimum Gasteiger partial charge on any atom is -0.448 e. The third-order valence-electron chi connectivity index (χ3n) is 6.62. The number of ether oxygens (including phenoxy) is 1. The molecule has 7 rings (SSSR count). The van der Waals surface area contributed by atoms with E-state index in [4.69, 9.17) is 9.72 Å². The van der Waals surface area contributed by atoms with Crippen LogP contribution in [0.15, 0.2) is 114 Å². The molecule has 6 aromatic rings. The lowest BCUT2D eigenvalue weighted by atomic mass is 9.95. The van der Waals surface area contributed by atoms with E-state index in [9.17, 15) is 0 Å². The Labute approximate surface area is 218 Å². The number of nitrogens with zero attached hydrogens (tertiary/aromatic N) is 3. The van der Waals surface area contributed by atoms with Crippen LogP contribution in [0.3, 0.4) is 0 Å². The van der Waals surface area contributed by atoms with Gasteiger partial charge < -0.3 is 10.1 Å². The molecule has 6 heteroatoms. The molecule has 1 aliphatic heterocycles. The Kier molecular flexibility index (Phi) is 5.44. The summed E-state index contributed by atoms with van der Waals surface area (Å²) in [5.74, 6) is 1.23. The topological polar surface area (TPSA) is 59.9 Å². The molecule has 1 aliphatic rings. The first-order chi connectivity index (χ1) is 18.3. The van der Waals surface area contributed by atoms with Gasteiger partial charge in [0, 0.05) is 22.6 Å². The Morgan fingerprint density at radius 3 is 2.19 bits per heavy atom. The zero-order chi connectivity index (χ0) is 24.6. The fourth-order valence-corrected chi connectivity index (χ4v) is 5.63. The van der Waals surface area contributed by atoms with Crippen molar-refractivity contribution in [3.8, 4) is 17.1 Å². The Morgan fingerprint density at radius 2 is 1.41 bits per heavy atom. The summed E-state index contributed by atoms with van der Waals surface area (Å²) in [4.78, 5) is 4.85. The Hall–Kier alpha value is -4.42. The van der Waals surface area contributed by atoms with Gasteiger partial charge in [0.25, 0.3) is 0 Å². The molecule has 0 saturated heterocycles. The number of hydrogen-bond donors (Lipinski definition) is 1. The maximum atomic E-state index is 6.70. The molecule has 0 fully saturated rings. The fraction of sp³-hybridized carbons (Fsp3) is 0.0645. The second kappa shape index (κ2) is 9.22. The van der Waals surface area contributed by atoms with Crippen molar-refractivity contribution >= 4 is 39.0 Å². The van der Waals surface area contributed by atoms with E-state index in [1.165, 1.54) is 16.3 Å². The smallest absolute Gasteiger partial charge is 0.247 e. The van der Waals surface area contributed by atoms with E-state index in [-0.39, 0.29) is 0 Å². The highest BCUT2D eigenvalue weighted by Crippen LogP contribution is 2.42. The molecule has 5 aromatic carbocycles. The Balaban J connectivity index is 1.37. The molecule has 1 N–H and O–H groups in total. The standard InChI is InChI=1S/C31H22N4OS/c1-2-10-20(11-3-1)19-37-31-33-30-28(34-35-31)25-16-8-9-17-26(25)32-29(36-30)27-23-14-6-4-12-21(23)18-22-13-5-7-15-24(22)27/h1-18,29,32H,19H2/t29-/m0/s1. The molecule has 5 nitrogen and oxygen atoms in total. The molecular weight excluding hydrogens is 476 g/mol. The zero-order valence-corrected chi connectivity index (χ0v) is 20.7. The summed E-state index contributed by atoms with van der Waals surface area (Å²) in [7, 11) is 0. The normalized spacial score (nSPS) is 14.3. The molecule has 0 aliphatic carbocycles. The summed E-state index contributed by atoms with van der Waals surface area (Å²) in [6.07, 6.45) is -0.470. The summed E-state index contributed by atoms with van der Waals surface area (Å²) in [5.41, 5.74) is 4.78. The highest BCUT2D eigenvalue weighted by molar-refractivity contribution is 7.98. The minimum atomic E-state index is -0.470. The molecule has 2 heterocycles. The van der Waals surface area contributed by atoms with Crippen LogP contribution >= 0.6 is 11.8 Å². The van der Waals surface area contributed by atoms with Crippen molar-refractivity contribution in [2.75, 3.05) is 5.32 Å². The number of thioether (sulfide) groups is 1. The predicted octanol–water partition coefficient (Wildman–Crippen LogP) is 7.64. The van der Waals surface area contributed by atoms with Gasteiger partial charge in [0.2, 0.25) is 11.0 Å². The van der Waals surface area contributed by atoms with Gasteiger partial charge in [-0.1, -0.05) is 109 Å². The van der Waals surface area contributed by atoms with E-state index < -0.39 is 6.23 Å². The number of benzene rings is 5. The number of fused-ring (bicyclic) bond motifs is 5. The number of hydrogen-bond acceptors (Lipinski definition) is 6. The van der Waals surface area contributed by atoms with Crippen LogP contribution in [0.25, 0.3) is 32.8 Å². The average Bonchev–Trinajstić information content (AvgIpc) is 3.11. The molecule has 0 radical (unpaired) electrons. The first-order valence-electron chi connectivity index (χ1n) is 12.2. The van der Waals surface area contributed by atoms with Crippen molar-refractivity contribution in [1.82, 2.24) is 15.2 Å². The van der Waals surface area contributed by atoms with Gasteiger partial charge in [0.15, 0.2) is 11.9 Å². The number of anilines is 1. The Morgan fingerprint density at radius 1 is 0.730 bits per heavy atom. The zero-order valence-electron chi connectivity index (χ0n) is 19.8. The second-order valence-corrected chi connectivity index (χ2v) is 9.89.